The van der Waals surface area contributed by atoms with Crippen LogP contribution in [0.15, 0.2) is 121 Å². The van der Waals surface area contributed by atoms with Gasteiger partial charge in [-0.25, -0.2) is 0 Å². The zero-order valence-corrected chi connectivity index (χ0v) is 26.0. The summed E-state index contributed by atoms with van der Waals surface area (Å²) >= 11 is 0. The average molecular weight is 578 g/mol. The van der Waals surface area contributed by atoms with E-state index in [-0.39, 0.29) is 5.41 Å². The van der Waals surface area contributed by atoms with Crippen LogP contribution < -0.4 is 15.5 Å². The summed E-state index contributed by atoms with van der Waals surface area (Å²) in [5.41, 5.74) is 14.4. The van der Waals surface area contributed by atoms with Crippen molar-refractivity contribution in [3.05, 3.63) is 132 Å². The van der Waals surface area contributed by atoms with Gasteiger partial charge in [-0.05, 0) is 128 Å². The van der Waals surface area contributed by atoms with Gasteiger partial charge in [0.25, 0.3) is 0 Å². The minimum absolute atomic E-state index is 0.147. The second-order valence-corrected chi connectivity index (χ2v) is 11.9. The molecule has 1 unspecified atom stereocenters. The maximum atomic E-state index is 9.65. The second kappa shape index (κ2) is 12.5. The van der Waals surface area contributed by atoms with E-state index in [1.54, 1.807) is 0 Å². The van der Waals surface area contributed by atoms with Gasteiger partial charge in [0.2, 0.25) is 0 Å². The number of nitrogen functional groups attached to an aromatic ring is 1. The first-order valence-electron chi connectivity index (χ1n) is 15.2. The highest BCUT2D eigenvalue weighted by Gasteiger charge is 2.25. The first kappa shape index (κ1) is 30.2. The number of nitrogens with two attached hydrogens (primary N) is 1. The van der Waals surface area contributed by atoms with E-state index >= 15 is 0 Å². The van der Waals surface area contributed by atoms with Gasteiger partial charge in [0, 0.05) is 39.8 Å². The minimum atomic E-state index is -0.523. The van der Waals surface area contributed by atoms with E-state index in [9.17, 15) is 10.5 Å². The quantitative estimate of drug-likeness (QED) is 0.200. The Morgan fingerprint density at radius 3 is 1.61 bits per heavy atom. The van der Waals surface area contributed by atoms with Gasteiger partial charge in [-0.1, -0.05) is 45.1 Å². The van der Waals surface area contributed by atoms with E-state index in [2.05, 4.69) is 97.3 Å². The third kappa shape index (κ3) is 6.10. The van der Waals surface area contributed by atoms with Crippen molar-refractivity contribution in [1.82, 2.24) is 0 Å². The summed E-state index contributed by atoms with van der Waals surface area (Å²) in [6.07, 6.45) is 8.89. The molecule has 0 bridgehead atoms. The van der Waals surface area contributed by atoms with Gasteiger partial charge in [0.05, 0.1) is 23.1 Å². The summed E-state index contributed by atoms with van der Waals surface area (Å²) < 4.78 is 0. The molecule has 0 amide bonds. The van der Waals surface area contributed by atoms with Crippen molar-refractivity contribution in [3.8, 4) is 12.1 Å². The Morgan fingerprint density at radius 2 is 1.18 bits per heavy atom. The summed E-state index contributed by atoms with van der Waals surface area (Å²) in [7, 11) is 0. The van der Waals surface area contributed by atoms with Crippen LogP contribution in [-0.2, 0) is 5.41 Å². The summed E-state index contributed by atoms with van der Waals surface area (Å²) in [5, 5.41) is 19.0. The zero-order chi connectivity index (χ0) is 31.3. The molecule has 0 saturated carbocycles. The molecule has 0 aliphatic heterocycles. The van der Waals surface area contributed by atoms with Crippen LogP contribution in [0.3, 0.4) is 0 Å². The van der Waals surface area contributed by atoms with Gasteiger partial charge in [0.15, 0.2) is 0 Å². The first-order chi connectivity index (χ1) is 21.2. The molecule has 1 atom stereocenters. The Morgan fingerprint density at radius 1 is 0.727 bits per heavy atom. The molecule has 4 aromatic carbocycles. The van der Waals surface area contributed by atoms with E-state index in [0.29, 0.717) is 12.0 Å². The Balaban J connectivity index is 1.55. The SMILES string of the molecule is CCC(C)(CC)c1ccc(N(c2ccc(N)cc2)c2ccc(N(C3=CCC(C)(C#N)C=C3)c3ccc(C#N)cc3)cc2)cc1. The van der Waals surface area contributed by atoms with Crippen LogP contribution in [0.5, 0.6) is 0 Å². The Labute approximate surface area is 261 Å². The predicted octanol–water partition coefficient (Wildman–Crippen LogP) is 10.2. The van der Waals surface area contributed by atoms with Crippen molar-refractivity contribution < 1.29 is 0 Å². The van der Waals surface area contributed by atoms with Crippen LogP contribution in [0, 0.1) is 28.1 Å². The van der Waals surface area contributed by atoms with Crippen molar-refractivity contribution >= 4 is 34.1 Å². The van der Waals surface area contributed by atoms with Gasteiger partial charge in [0.1, 0.15) is 0 Å². The van der Waals surface area contributed by atoms with Crippen LogP contribution in [0.25, 0.3) is 0 Å². The van der Waals surface area contributed by atoms with Crippen molar-refractivity contribution in [3.63, 3.8) is 0 Å². The molecule has 5 nitrogen and oxygen atoms in total. The smallest absolute Gasteiger partial charge is 0.0991 e. The maximum Gasteiger partial charge on any atom is 0.0991 e. The van der Waals surface area contributed by atoms with Gasteiger partial charge in [-0.15, -0.1) is 0 Å². The van der Waals surface area contributed by atoms with E-state index in [4.69, 9.17) is 5.73 Å². The lowest BCUT2D eigenvalue weighted by Crippen LogP contribution is -2.20. The van der Waals surface area contributed by atoms with Gasteiger partial charge >= 0.3 is 0 Å². The van der Waals surface area contributed by atoms with Crippen LogP contribution in [-0.4, -0.2) is 0 Å². The Hall–Kier alpha value is -5.26. The molecule has 5 heteroatoms. The van der Waals surface area contributed by atoms with Crippen LogP contribution in [0.2, 0.25) is 0 Å². The lowest BCUT2D eigenvalue weighted by Gasteiger charge is -2.31. The molecule has 1 aliphatic rings. The number of nitrogens with zero attached hydrogens (tertiary/aromatic N) is 4. The molecule has 4 aromatic rings. The molecule has 0 radical (unpaired) electrons. The highest BCUT2D eigenvalue weighted by Crippen LogP contribution is 2.40. The second-order valence-electron chi connectivity index (χ2n) is 11.9. The number of benzene rings is 4. The molecule has 0 spiro atoms. The van der Waals surface area contributed by atoms with E-state index < -0.39 is 5.41 Å². The topological polar surface area (TPSA) is 80.1 Å². The van der Waals surface area contributed by atoms with Crippen molar-refractivity contribution in [2.75, 3.05) is 15.5 Å². The molecular weight excluding hydrogens is 538 g/mol. The van der Waals surface area contributed by atoms with E-state index in [1.165, 1.54) is 5.56 Å². The first-order valence-corrected chi connectivity index (χ1v) is 15.2. The van der Waals surface area contributed by atoms with Crippen LogP contribution in [0.1, 0.15) is 58.1 Å². The average Bonchev–Trinajstić information content (AvgIpc) is 3.07. The molecule has 1 aliphatic carbocycles. The fourth-order valence-electron chi connectivity index (χ4n) is 5.60. The standard InChI is InChI=1S/C39H39N5/c1-5-39(4,6-2)30-9-15-33(16-10-30)43(34-17-11-31(42)12-18-34)35-19-21-36(22-20-35)44(32-13-7-29(27-40)8-14-32)37-23-25-38(3,28-41)26-24-37/h7-25H,5-6,26,42H2,1-4H3. The number of allylic oxidation sites excluding steroid dienone is 3. The molecule has 0 aromatic heterocycles. The fraction of sp³-hybridized carbons (Fsp3) is 0.231. The Kier molecular flexibility index (Phi) is 8.61. The number of hydrogen-bond donors (Lipinski definition) is 1. The molecular formula is C39H39N5. The number of hydrogen-bond acceptors (Lipinski definition) is 5. The molecule has 44 heavy (non-hydrogen) atoms. The van der Waals surface area contributed by atoms with Crippen molar-refractivity contribution in [2.45, 2.75) is 52.4 Å². The zero-order valence-electron chi connectivity index (χ0n) is 26.0. The molecule has 220 valence electrons. The van der Waals surface area contributed by atoms with Gasteiger partial charge < -0.3 is 15.5 Å². The molecule has 0 heterocycles. The lowest BCUT2D eigenvalue weighted by molar-refractivity contribution is 0.439. The van der Waals surface area contributed by atoms with Crippen molar-refractivity contribution in [2.24, 2.45) is 5.41 Å². The highest BCUT2D eigenvalue weighted by molar-refractivity contribution is 5.80. The van der Waals surface area contributed by atoms with E-state index in [0.717, 1.165) is 52.7 Å². The van der Waals surface area contributed by atoms with Crippen LogP contribution >= 0.6 is 0 Å². The summed E-state index contributed by atoms with van der Waals surface area (Å²) in [5.74, 6) is 0. The fourth-order valence-corrected chi connectivity index (χ4v) is 5.60. The third-order valence-corrected chi connectivity index (χ3v) is 9.03. The lowest BCUT2D eigenvalue weighted by atomic mass is 9.78. The predicted molar refractivity (Wildman–Crippen MR) is 182 cm³/mol. The minimum Gasteiger partial charge on any atom is -0.399 e. The van der Waals surface area contributed by atoms with Gasteiger partial charge in [-0.2, -0.15) is 10.5 Å². The molecule has 2 N–H and O–H groups in total. The molecule has 0 saturated heterocycles. The normalized spacial score (nSPS) is 16.0. The Bertz CT molecular complexity index is 1730. The summed E-state index contributed by atoms with van der Waals surface area (Å²) in [6, 6.07) is 37.6. The summed E-state index contributed by atoms with van der Waals surface area (Å²) in [6.45, 7) is 8.78. The summed E-state index contributed by atoms with van der Waals surface area (Å²) in [4.78, 5) is 4.41. The number of anilines is 6. The van der Waals surface area contributed by atoms with E-state index in [1.807, 2.05) is 67.6 Å². The largest absolute Gasteiger partial charge is 0.399 e. The van der Waals surface area contributed by atoms with Gasteiger partial charge in [-0.3, -0.25) is 0 Å². The number of nitriles is 2. The molecule has 0 fully saturated rings. The third-order valence-electron chi connectivity index (χ3n) is 9.03. The maximum absolute atomic E-state index is 9.65. The molecule has 5 rings (SSSR count). The number of rotatable bonds is 9. The monoisotopic (exact) mass is 577 g/mol. The van der Waals surface area contributed by atoms with Crippen molar-refractivity contribution in [1.29, 1.82) is 10.5 Å². The highest BCUT2D eigenvalue weighted by atomic mass is 15.2. The van der Waals surface area contributed by atoms with Crippen LogP contribution in [0.4, 0.5) is 34.1 Å².